The molecule has 0 bridgehead atoms. The van der Waals surface area contributed by atoms with Crippen LogP contribution in [-0.2, 0) is 0 Å². The van der Waals surface area contributed by atoms with Gasteiger partial charge in [-0.05, 0) is 19.1 Å². The monoisotopic (exact) mass is 291 g/mol. The van der Waals surface area contributed by atoms with Gasteiger partial charge in [-0.2, -0.15) is 0 Å². The fourth-order valence-electron chi connectivity index (χ4n) is 1.49. The van der Waals surface area contributed by atoms with E-state index in [1.165, 1.54) is 22.7 Å². The molecule has 0 atom stereocenters. The molecule has 19 heavy (non-hydrogen) atoms. The maximum Gasteiger partial charge on any atom is 0.276 e. The third kappa shape index (κ3) is 2.56. The number of aryl methyl sites for hydroxylation is 1. The van der Waals surface area contributed by atoms with Gasteiger partial charge in [0.2, 0.25) is 0 Å². The number of carbonyl (C=O) groups is 1. The van der Waals surface area contributed by atoms with Crippen LogP contribution in [0.3, 0.4) is 0 Å². The van der Waals surface area contributed by atoms with Crippen molar-refractivity contribution in [2.24, 2.45) is 0 Å². The lowest BCUT2D eigenvalue weighted by Gasteiger charge is -1.96. The smallest absolute Gasteiger partial charge is 0.276 e. The molecule has 0 spiro atoms. The second-order valence-electron chi connectivity index (χ2n) is 3.74. The van der Waals surface area contributed by atoms with Crippen LogP contribution in [0.25, 0.3) is 10.8 Å². The molecular weight excluding hydrogens is 282 g/mol. The molecule has 1 amide bonds. The quantitative estimate of drug-likeness (QED) is 0.803. The van der Waals surface area contributed by atoms with Crippen LogP contribution in [0, 0.1) is 6.92 Å². The molecule has 5 nitrogen and oxygen atoms in total. The molecule has 96 valence electrons. The summed E-state index contributed by atoms with van der Waals surface area (Å²) in [5.74, 6) is 1.23. The Bertz CT molecular complexity index is 700. The number of nitrogens with zero attached hydrogens (tertiary/aromatic N) is 2. The van der Waals surface area contributed by atoms with Crippen molar-refractivity contribution in [2.75, 3.05) is 5.32 Å². The maximum atomic E-state index is 11.9. The Morgan fingerprint density at radius 2 is 2.26 bits per heavy atom. The van der Waals surface area contributed by atoms with Gasteiger partial charge in [0.05, 0.1) is 0 Å². The van der Waals surface area contributed by atoms with Crippen LogP contribution in [-0.4, -0.2) is 15.9 Å². The summed E-state index contributed by atoms with van der Waals surface area (Å²) in [6.45, 7) is 1.87. The van der Waals surface area contributed by atoms with Gasteiger partial charge < -0.3 is 4.42 Å². The van der Waals surface area contributed by atoms with Crippen molar-refractivity contribution < 1.29 is 9.21 Å². The minimum atomic E-state index is -0.263. The predicted molar refractivity (Wildman–Crippen MR) is 74.6 cm³/mol. The zero-order valence-electron chi connectivity index (χ0n) is 9.91. The molecule has 0 aliphatic rings. The number of hydrogen-bond donors (Lipinski definition) is 1. The lowest BCUT2D eigenvalue weighted by molar-refractivity contribution is 0.102. The summed E-state index contributed by atoms with van der Waals surface area (Å²) in [4.78, 5) is 20.2. The van der Waals surface area contributed by atoms with E-state index in [9.17, 15) is 4.79 Å². The fourth-order valence-corrected chi connectivity index (χ4v) is 2.77. The first-order valence-corrected chi connectivity index (χ1v) is 7.21. The van der Waals surface area contributed by atoms with Crippen LogP contribution in [0.2, 0.25) is 0 Å². The van der Waals surface area contributed by atoms with E-state index in [4.69, 9.17) is 4.42 Å². The van der Waals surface area contributed by atoms with Crippen molar-refractivity contribution in [2.45, 2.75) is 6.92 Å². The van der Waals surface area contributed by atoms with E-state index in [0.29, 0.717) is 21.6 Å². The number of hydrogen-bond acceptors (Lipinski definition) is 6. The molecule has 3 aromatic heterocycles. The van der Waals surface area contributed by atoms with Crippen LogP contribution in [0.4, 0.5) is 5.13 Å². The molecule has 1 N–H and O–H groups in total. The highest BCUT2D eigenvalue weighted by Gasteiger charge is 2.14. The molecule has 0 aromatic carbocycles. The largest absolute Gasteiger partial charge is 0.459 e. The van der Waals surface area contributed by atoms with Crippen LogP contribution < -0.4 is 5.32 Å². The first-order chi connectivity index (χ1) is 9.22. The van der Waals surface area contributed by atoms with Crippen LogP contribution >= 0.6 is 22.7 Å². The van der Waals surface area contributed by atoms with Crippen LogP contribution in [0.1, 0.15) is 16.2 Å². The zero-order chi connectivity index (χ0) is 13.2. The topological polar surface area (TPSA) is 68.0 Å². The number of amides is 1. The summed E-state index contributed by atoms with van der Waals surface area (Å²) in [6.07, 6.45) is 1.64. The highest BCUT2D eigenvalue weighted by atomic mass is 32.1. The molecule has 3 rings (SSSR count). The minimum Gasteiger partial charge on any atom is -0.459 e. The number of nitrogens with one attached hydrogen (secondary N) is 1. The second kappa shape index (κ2) is 4.94. The summed E-state index contributed by atoms with van der Waals surface area (Å²) in [7, 11) is 0. The van der Waals surface area contributed by atoms with Crippen molar-refractivity contribution in [3.63, 3.8) is 0 Å². The fraction of sp³-hybridized carbons (Fsp3) is 0.0833. The lowest BCUT2D eigenvalue weighted by atomic mass is 10.4. The van der Waals surface area contributed by atoms with Crippen LogP contribution in [0.15, 0.2) is 33.5 Å². The summed E-state index contributed by atoms with van der Waals surface area (Å²) in [5, 5.41) is 7.45. The Balaban J connectivity index is 1.79. The van der Waals surface area contributed by atoms with E-state index in [1.54, 1.807) is 17.0 Å². The van der Waals surface area contributed by atoms with Gasteiger partial charge >= 0.3 is 0 Å². The first kappa shape index (κ1) is 12.1. The van der Waals surface area contributed by atoms with E-state index >= 15 is 0 Å². The number of aromatic nitrogens is 2. The van der Waals surface area contributed by atoms with Gasteiger partial charge in [0.15, 0.2) is 15.9 Å². The minimum absolute atomic E-state index is 0.263. The van der Waals surface area contributed by atoms with Gasteiger partial charge in [-0.3, -0.25) is 10.1 Å². The Labute approximate surface area is 117 Å². The average molecular weight is 291 g/mol. The summed E-state index contributed by atoms with van der Waals surface area (Å²) in [6, 6.07) is 3.71. The summed E-state index contributed by atoms with van der Waals surface area (Å²) >= 11 is 2.74. The van der Waals surface area contributed by atoms with Gasteiger partial charge in [-0.15, -0.1) is 22.7 Å². The van der Waals surface area contributed by atoms with E-state index in [1.807, 2.05) is 19.1 Å². The Kier molecular flexibility index (Phi) is 3.14. The number of thiazole rings is 2. The van der Waals surface area contributed by atoms with E-state index in [0.717, 1.165) is 5.76 Å². The zero-order valence-corrected chi connectivity index (χ0v) is 11.5. The SMILES string of the molecule is Cc1ccc(-c2nc(C(=O)Nc3nccs3)cs2)o1. The molecule has 0 fully saturated rings. The molecule has 3 heterocycles. The standard InChI is InChI=1S/C12H9N3O2S2/c1-7-2-3-9(17-7)11-14-8(6-19-11)10(16)15-12-13-4-5-18-12/h2-6H,1H3,(H,13,15,16). The van der Waals surface area contributed by atoms with Gasteiger partial charge in [-0.25, -0.2) is 9.97 Å². The molecule has 0 unspecified atom stereocenters. The van der Waals surface area contributed by atoms with E-state index in [2.05, 4.69) is 15.3 Å². The number of furan rings is 1. The Morgan fingerprint density at radius 1 is 1.37 bits per heavy atom. The molecule has 0 saturated heterocycles. The van der Waals surface area contributed by atoms with Gasteiger partial charge in [0, 0.05) is 17.0 Å². The molecule has 0 saturated carbocycles. The predicted octanol–water partition coefficient (Wildman–Crippen LogP) is 3.42. The van der Waals surface area contributed by atoms with Crippen molar-refractivity contribution in [3.8, 4) is 10.8 Å². The van der Waals surface area contributed by atoms with E-state index in [-0.39, 0.29) is 5.91 Å². The van der Waals surface area contributed by atoms with Crippen molar-refractivity contribution in [1.82, 2.24) is 9.97 Å². The first-order valence-electron chi connectivity index (χ1n) is 5.45. The van der Waals surface area contributed by atoms with Gasteiger partial charge in [0.1, 0.15) is 11.5 Å². The normalized spacial score (nSPS) is 10.6. The van der Waals surface area contributed by atoms with Crippen molar-refractivity contribution in [3.05, 3.63) is 40.5 Å². The average Bonchev–Trinajstić information content (AvgIpc) is 3.07. The lowest BCUT2D eigenvalue weighted by Crippen LogP contribution is -2.11. The Hall–Kier alpha value is -1.99. The summed E-state index contributed by atoms with van der Waals surface area (Å²) < 4.78 is 5.47. The number of rotatable bonds is 3. The van der Waals surface area contributed by atoms with Crippen LogP contribution in [0.5, 0.6) is 0 Å². The Morgan fingerprint density at radius 3 is 2.95 bits per heavy atom. The third-order valence-electron chi connectivity index (χ3n) is 2.34. The summed E-state index contributed by atoms with van der Waals surface area (Å²) in [5.41, 5.74) is 0.365. The number of carbonyl (C=O) groups excluding carboxylic acids is 1. The molecule has 0 aliphatic heterocycles. The highest BCUT2D eigenvalue weighted by Crippen LogP contribution is 2.26. The van der Waals surface area contributed by atoms with Crippen molar-refractivity contribution >= 4 is 33.7 Å². The van der Waals surface area contributed by atoms with Gasteiger partial charge in [-0.1, -0.05) is 0 Å². The second-order valence-corrected chi connectivity index (χ2v) is 5.49. The van der Waals surface area contributed by atoms with Crippen molar-refractivity contribution in [1.29, 1.82) is 0 Å². The molecular formula is C12H9N3O2S2. The number of anilines is 1. The van der Waals surface area contributed by atoms with Gasteiger partial charge in [0.25, 0.3) is 5.91 Å². The molecule has 3 aromatic rings. The third-order valence-corrected chi connectivity index (χ3v) is 3.89. The molecule has 0 aliphatic carbocycles. The highest BCUT2D eigenvalue weighted by molar-refractivity contribution is 7.14. The maximum absolute atomic E-state index is 11.9. The molecule has 7 heteroatoms. The molecule has 0 radical (unpaired) electrons. The van der Waals surface area contributed by atoms with E-state index < -0.39 is 0 Å².